The van der Waals surface area contributed by atoms with Gasteiger partial charge in [0.1, 0.15) is 11.3 Å². The summed E-state index contributed by atoms with van der Waals surface area (Å²) in [5.41, 5.74) is 0.202. The zero-order chi connectivity index (χ0) is 18.3. The van der Waals surface area contributed by atoms with Crippen LogP contribution in [0.3, 0.4) is 0 Å². The lowest BCUT2D eigenvalue weighted by Gasteiger charge is -2.08. The maximum absolute atomic E-state index is 11.9. The summed E-state index contributed by atoms with van der Waals surface area (Å²) in [5.74, 6) is -1.40. The Labute approximate surface area is 150 Å². The first-order valence-corrected chi connectivity index (χ1v) is 7.90. The van der Waals surface area contributed by atoms with Crippen LogP contribution in [-0.2, 0) is 9.53 Å². The maximum atomic E-state index is 11.9. The minimum Gasteiger partial charge on any atom is -0.512 e. The number of amides is 1. The van der Waals surface area contributed by atoms with Crippen molar-refractivity contribution in [2.45, 2.75) is 20.3 Å². The van der Waals surface area contributed by atoms with E-state index in [2.05, 4.69) is 10.3 Å². The van der Waals surface area contributed by atoms with Gasteiger partial charge in [-0.2, -0.15) is 0 Å². The molecule has 0 saturated carbocycles. The minimum atomic E-state index is -0.697. The first-order chi connectivity index (χ1) is 11.3. The van der Waals surface area contributed by atoms with Gasteiger partial charge in [-0.3, -0.25) is 9.79 Å². The number of carbonyl (C=O) groups excluding carboxylic acids is 2. The van der Waals surface area contributed by atoms with Crippen LogP contribution in [0.4, 0.5) is 5.69 Å². The molecule has 0 unspecified atom stereocenters. The molecule has 0 spiro atoms. The molecule has 1 rings (SSSR count). The van der Waals surface area contributed by atoms with Crippen molar-refractivity contribution in [3.63, 3.8) is 0 Å². The highest BCUT2D eigenvalue weighted by molar-refractivity contribution is 6.41. The first-order valence-electron chi connectivity index (χ1n) is 7.14. The predicted octanol–water partition coefficient (Wildman–Crippen LogP) is 3.84. The number of benzene rings is 1. The number of allylic oxidation sites excluding steroid dienone is 1. The van der Waals surface area contributed by atoms with Crippen LogP contribution in [0.2, 0.25) is 10.0 Å². The van der Waals surface area contributed by atoms with E-state index < -0.39 is 11.9 Å². The highest BCUT2D eigenvalue weighted by Crippen LogP contribution is 2.33. The molecule has 0 aromatic heterocycles. The van der Waals surface area contributed by atoms with Gasteiger partial charge in [0, 0.05) is 13.3 Å². The van der Waals surface area contributed by atoms with E-state index in [0.29, 0.717) is 6.42 Å². The third-order valence-electron chi connectivity index (χ3n) is 2.90. The monoisotopic (exact) mass is 372 g/mol. The zero-order valence-electron chi connectivity index (χ0n) is 13.5. The number of nitrogens with zero attached hydrogens (tertiary/aromatic N) is 1. The van der Waals surface area contributed by atoms with Crippen molar-refractivity contribution >= 4 is 47.0 Å². The lowest BCUT2D eigenvalue weighted by molar-refractivity contribution is -0.138. The van der Waals surface area contributed by atoms with Crippen molar-refractivity contribution in [1.29, 1.82) is 0 Å². The quantitative estimate of drug-likeness (QED) is 0.343. The van der Waals surface area contributed by atoms with Crippen molar-refractivity contribution in [2.75, 3.05) is 13.7 Å². The molecule has 0 fully saturated rings. The summed E-state index contributed by atoms with van der Waals surface area (Å²) in [4.78, 5) is 27.8. The number of hydrogen-bond acceptors (Lipinski definition) is 5. The average Bonchev–Trinajstić information content (AvgIpc) is 2.54. The molecule has 1 amide bonds. The van der Waals surface area contributed by atoms with Crippen LogP contribution < -0.4 is 5.32 Å². The van der Waals surface area contributed by atoms with E-state index in [9.17, 15) is 14.7 Å². The second-order valence-electron chi connectivity index (χ2n) is 4.73. The highest BCUT2D eigenvalue weighted by Gasteiger charge is 2.17. The van der Waals surface area contributed by atoms with Gasteiger partial charge in [0.2, 0.25) is 0 Å². The summed E-state index contributed by atoms with van der Waals surface area (Å²) in [5, 5.41) is 12.3. The number of aliphatic hydroxyl groups excluding tert-OH is 1. The van der Waals surface area contributed by atoms with Crippen molar-refractivity contribution in [2.24, 2.45) is 4.99 Å². The van der Waals surface area contributed by atoms with Gasteiger partial charge in [0.05, 0.1) is 27.9 Å². The zero-order valence-corrected chi connectivity index (χ0v) is 15.0. The summed E-state index contributed by atoms with van der Waals surface area (Å²) >= 11 is 12.1. The Morgan fingerprint density at radius 1 is 1.38 bits per heavy atom. The molecular formula is C16H18Cl2N2O4. The SMILES string of the molecule is CCCOC(=O)C(C=Nc1ccc(Cl)c(C(=O)NC)c1Cl)=C(C)O. The summed E-state index contributed by atoms with van der Waals surface area (Å²) in [6.45, 7) is 3.42. The van der Waals surface area contributed by atoms with Crippen molar-refractivity contribution in [3.8, 4) is 0 Å². The Kier molecular flexibility index (Phi) is 7.74. The lowest BCUT2D eigenvalue weighted by atomic mass is 10.2. The van der Waals surface area contributed by atoms with Crippen molar-refractivity contribution in [1.82, 2.24) is 5.32 Å². The largest absolute Gasteiger partial charge is 0.512 e. The Morgan fingerprint density at radius 2 is 2.04 bits per heavy atom. The van der Waals surface area contributed by atoms with Crippen molar-refractivity contribution in [3.05, 3.63) is 39.1 Å². The minimum absolute atomic E-state index is 0.0370. The molecule has 1 aromatic rings. The van der Waals surface area contributed by atoms with Crippen LogP contribution in [0, 0.1) is 0 Å². The Morgan fingerprint density at radius 3 is 2.58 bits per heavy atom. The van der Waals surface area contributed by atoms with Crippen LogP contribution in [0.1, 0.15) is 30.6 Å². The highest BCUT2D eigenvalue weighted by atomic mass is 35.5. The van der Waals surface area contributed by atoms with Gasteiger partial charge in [-0.15, -0.1) is 0 Å². The first kappa shape index (κ1) is 20.0. The molecule has 0 radical (unpaired) electrons. The van der Waals surface area contributed by atoms with Gasteiger partial charge in [-0.25, -0.2) is 4.79 Å². The molecule has 0 atom stereocenters. The molecule has 0 aliphatic rings. The van der Waals surface area contributed by atoms with Gasteiger partial charge in [-0.1, -0.05) is 30.1 Å². The van der Waals surface area contributed by atoms with Crippen LogP contribution in [0.25, 0.3) is 0 Å². The van der Waals surface area contributed by atoms with Gasteiger partial charge in [0.15, 0.2) is 0 Å². The number of hydrogen-bond donors (Lipinski definition) is 2. The molecule has 0 aliphatic heterocycles. The molecule has 6 nitrogen and oxygen atoms in total. The Hall–Kier alpha value is -2.05. The molecule has 2 N–H and O–H groups in total. The van der Waals surface area contributed by atoms with Crippen LogP contribution in [-0.4, -0.2) is 36.9 Å². The van der Waals surface area contributed by atoms with Gasteiger partial charge >= 0.3 is 5.97 Å². The molecule has 1 aromatic carbocycles. The maximum Gasteiger partial charge on any atom is 0.343 e. The summed E-state index contributed by atoms with van der Waals surface area (Å²) in [7, 11) is 1.45. The number of aliphatic hydroxyl groups is 1. The fourth-order valence-corrected chi connectivity index (χ4v) is 2.27. The smallest absolute Gasteiger partial charge is 0.343 e. The van der Waals surface area contributed by atoms with Crippen LogP contribution >= 0.6 is 23.2 Å². The fourth-order valence-electron chi connectivity index (χ4n) is 1.67. The van der Waals surface area contributed by atoms with Gasteiger partial charge in [-0.05, 0) is 25.5 Å². The van der Waals surface area contributed by atoms with E-state index >= 15 is 0 Å². The number of carbonyl (C=O) groups is 2. The van der Waals surface area contributed by atoms with E-state index in [0.717, 1.165) is 6.21 Å². The predicted molar refractivity (Wildman–Crippen MR) is 94.6 cm³/mol. The number of nitrogens with one attached hydrogen (secondary N) is 1. The van der Waals surface area contributed by atoms with Crippen LogP contribution in [0.15, 0.2) is 28.5 Å². The third-order valence-corrected chi connectivity index (χ3v) is 3.60. The summed E-state index contributed by atoms with van der Waals surface area (Å²) in [6, 6.07) is 2.96. The van der Waals surface area contributed by atoms with E-state index in [1.807, 2.05) is 6.92 Å². The Bertz CT molecular complexity index is 696. The number of ether oxygens (including phenoxy) is 1. The van der Waals surface area contributed by atoms with Gasteiger partial charge in [0.25, 0.3) is 5.91 Å². The van der Waals surface area contributed by atoms with Crippen molar-refractivity contribution < 1.29 is 19.4 Å². The number of halogens is 2. The molecule has 130 valence electrons. The number of aliphatic imine (C=N–C) groups is 1. The van der Waals surface area contributed by atoms with Crippen LogP contribution in [0.5, 0.6) is 0 Å². The summed E-state index contributed by atoms with van der Waals surface area (Å²) in [6.07, 6.45) is 1.79. The van der Waals surface area contributed by atoms with E-state index in [1.165, 1.54) is 26.1 Å². The van der Waals surface area contributed by atoms with Gasteiger partial charge < -0.3 is 15.2 Å². The normalized spacial score (nSPS) is 12.0. The summed E-state index contributed by atoms with van der Waals surface area (Å²) < 4.78 is 4.97. The third kappa shape index (κ3) is 4.97. The molecule has 0 saturated heterocycles. The molecular weight excluding hydrogens is 355 g/mol. The van der Waals surface area contributed by atoms with E-state index in [1.54, 1.807) is 0 Å². The lowest BCUT2D eigenvalue weighted by Crippen LogP contribution is -2.18. The molecule has 0 aliphatic carbocycles. The second kappa shape index (κ2) is 9.30. The van der Waals surface area contributed by atoms with E-state index in [4.69, 9.17) is 27.9 Å². The number of esters is 1. The van der Waals surface area contributed by atoms with E-state index in [-0.39, 0.29) is 39.2 Å². The standard InChI is InChI=1S/C16H18Cl2N2O4/c1-4-7-24-16(23)10(9(2)21)8-20-12-6-5-11(17)13(14(12)18)15(22)19-3/h5-6,8,21H,4,7H2,1-3H3,(H,19,22). The molecule has 0 bridgehead atoms. The molecule has 24 heavy (non-hydrogen) atoms. The molecule has 0 heterocycles. The fraction of sp³-hybridized carbons (Fsp3) is 0.312. The number of rotatable bonds is 6. The molecule has 8 heteroatoms. The average molecular weight is 373 g/mol. The Balaban J connectivity index is 3.19. The topological polar surface area (TPSA) is 88.0 Å². The second-order valence-corrected chi connectivity index (χ2v) is 5.51.